The van der Waals surface area contributed by atoms with Crippen molar-refractivity contribution in [3.8, 4) is 0 Å². The van der Waals surface area contributed by atoms with E-state index in [2.05, 4.69) is 39.8 Å². The Kier molecular flexibility index (Phi) is 5.81. The van der Waals surface area contributed by atoms with Gasteiger partial charge in [-0.15, -0.1) is 0 Å². The first kappa shape index (κ1) is 16.5. The monoisotopic (exact) mass is 357 g/mol. The average Bonchev–Trinajstić information content (AvgIpc) is 2.94. The van der Waals surface area contributed by atoms with Crippen molar-refractivity contribution in [2.24, 2.45) is 11.8 Å². The summed E-state index contributed by atoms with van der Waals surface area (Å²) in [6.45, 7) is 6.74. The average molecular weight is 358 g/mol. The molecule has 1 fully saturated rings. The molecular formula is C15H24BrN3O2. The summed E-state index contributed by atoms with van der Waals surface area (Å²) in [6, 6.07) is 1.69. The number of ether oxygens (including phenoxy) is 1. The molecular weight excluding hydrogens is 334 g/mol. The van der Waals surface area contributed by atoms with Crippen molar-refractivity contribution in [2.75, 3.05) is 30.4 Å². The van der Waals surface area contributed by atoms with Crippen molar-refractivity contribution in [1.29, 1.82) is 0 Å². The number of anilines is 1. The van der Waals surface area contributed by atoms with Crippen molar-refractivity contribution in [3.05, 3.63) is 22.6 Å². The maximum atomic E-state index is 12.2. The van der Waals surface area contributed by atoms with Crippen molar-refractivity contribution in [3.63, 3.8) is 0 Å². The molecule has 2 heterocycles. The van der Waals surface area contributed by atoms with Crippen molar-refractivity contribution >= 4 is 21.6 Å². The normalized spacial score (nSPS) is 20.2. The molecule has 0 radical (unpaired) electrons. The van der Waals surface area contributed by atoms with E-state index in [1.807, 2.05) is 0 Å². The molecule has 0 spiro atoms. The molecule has 1 saturated heterocycles. The number of rotatable bonds is 6. The minimum absolute atomic E-state index is 0.0278. The van der Waals surface area contributed by atoms with Gasteiger partial charge in [0, 0.05) is 38.1 Å². The van der Waals surface area contributed by atoms with Gasteiger partial charge in [-0.2, -0.15) is 5.10 Å². The van der Waals surface area contributed by atoms with Crippen LogP contribution in [0.25, 0.3) is 0 Å². The van der Waals surface area contributed by atoms with E-state index in [9.17, 15) is 4.79 Å². The van der Waals surface area contributed by atoms with Gasteiger partial charge in [0.25, 0.3) is 5.56 Å². The molecule has 0 N–H and O–H groups in total. The molecule has 0 saturated carbocycles. The zero-order valence-electron chi connectivity index (χ0n) is 13.0. The molecule has 0 aliphatic carbocycles. The third-order valence-electron chi connectivity index (χ3n) is 4.25. The zero-order chi connectivity index (χ0) is 15.4. The highest BCUT2D eigenvalue weighted by atomic mass is 79.9. The maximum Gasteiger partial charge on any atom is 0.268 e. The Bertz CT molecular complexity index is 518. The standard InChI is InChI=1S/C15H24BrN3O2/c1-11(2)12(7-16)9-19-15(20)6-13(8-17-19)18-5-4-14(10-18)21-3/h6,8,11-12,14H,4-5,7,9-10H2,1-3H3. The van der Waals surface area contributed by atoms with Crippen LogP contribution >= 0.6 is 15.9 Å². The predicted molar refractivity (Wildman–Crippen MR) is 88.2 cm³/mol. The first-order valence-electron chi connectivity index (χ1n) is 7.46. The molecule has 0 bridgehead atoms. The van der Waals surface area contributed by atoms with Gasteiger partial charge in [-0.1, -0.05) is 29.8 Å². The molecule has 2 rings (SSSR count). The SMILES string of the molecule is COC1CCN(c2cnn(CC(CBr)C(C)C)c(=O)c2)C1. The molecule has 1 aromatic rings. The number of halogens is 1. The number of aromatic nitrogens is 2. The topological polar surface area (TPSA) is 47.4 Å². The van der Waals surface area contributed by atoms with E-state index in [1.54, 1.807) is 24.1 Å². The van der Waals surface area contributed by atoms with Crippen LogP contribution in [0.1, 0.15) is 20.3 Å². The van der Waals surface area contributed by atoms with Crippen molar-refractivity contribution < 1.29 is 4.74 Å². The van der Waals surface area contributed by atoms with Gasteiger partial charge < -0.3 is 9.64 Å². The smallest absolute Gasteiger partial charge is 0.268 e. The molecule has 6 heteroatoms. The molecule has 5 nitrogen and oxygen atoms in total. The minimum atomic E-state index is -0.0278. The van der Waals surface area contributed by atoms with E-state index in [1.165, 1.54) is 0 Å². The Hall–Kier alpha value is -0.880. The van der Waals surface area contributed by atoms with Crippen LogP contribution in [-0.4, -0.2) is 41.4 Å². The molecule has 2 unspecified atom stereocenters. The summed E-state index contributed by atoms with van der Waals surface area (Å²) in [5.41, 5.74) is 0.871. The predicted octanol–water partition coefficient (Wildman–Crippen LogP) is 2.14. The second-order valence-electron chi connectivity index (χ2n) is 5.98. The van der Waals surface area contributed by atoms with Crippen LogP contribution in [0.15, 0.2) is 17.1 Å². The lowest BCUT2D eigenvalue weighted by atomic mass is 9.98. The highest BCUT2D eigenvalue weighted by Gasteiger charge is 2.23. The molecule has 21 heavy (non-hydrogen) atoms. The third kappa shape index (κ3) is 4.07. The highest BCUT2D eigenvalue weighted by molar-refractivity contribution is 9.09. The van der Waals surface area contributed by atoms with Crippen LogP contribution in [0, 0.1) is 11.8 Å². The Balaban J connectivity index is 2.09. The Morgan fingerprint density at radius 2 is 2.29 bits per heavy atom. The second-order valence-corrected chi connectivity index (χ2v) is 6.63. The molecule has 2 atom stereocenters. The number of hydrogen-bond acceptors (Lipinski definition) is 4. The van der Waals surface area contributed by atoms with Gasteiger partial charge in [0.15, 0.2) is 0 Å². The van der Waals surface area contributed by atoms with E-state index in [-0.39, 0.29) is 11.7 Å². The lowest BCUT2D eigenvalue weighted by molar-refractivity contribution is 0.121. The van der Waals surface area contributed by atoms with Gasteiger partial charge in [0.1, 0.15) is 0 Å². The van der Waals surface area contributed by atoms with Gasteiger partial charge in [0.05, 0.1) is 18.0 Å². The van der Waals surface area contributed by atoms with Gasteiger partial charge in [-0.25, -0.2) is 4.68 Å². The van der Waals surface area contributed by atoms with Crippen LogP contribution < -0.4 is 10.5 Å². The van der Waals surface area contributed by atoms with Crippen LogP contribution in [0.2, 0.25) is 0 Å². The summed E-state index contributed by atoms with van der Waals surface area (Å²) in [6.07, 6.45) is 3.05. The Morgan fingerprint density at radius 1 is 1.52 bits per heavy atom. The Morgan fingerprint density at radius 3 is 2.81 bits per heavy atom. The van der Waals surface area contributed by atoms with Gasteiger partial charge in [-0.3, -0.25) is 4.79 Å². The van der Waals surface area contributed by atoms with Crippen molar-refractivity contribution in [1.82, 2.24) is 9.78 Å². The van der Waals surface area contributed by atoms with Crippen LogP contribution in [0.4, 0.5) is 5.69 Å². The van der Waals surface area contributed by atoms with E-state index in [0.29, 0.717) is 18.4 Å². The lowest BCUT2D eigenvalue weighted by Crippen LogP contribution is -2.30. The third-order valence-corrected chi connectivity index (χ3v) is 5.08. The number of alkyl halides is 1. The lowest BCUT2D eigenvalue weighted by Gasteiger charge is -2.20. The quantitative estimate of drug-likeness (QED) is 0.731. The number of hydrogen-bond donors (Lipinski definition) is 0. The molecule has 1 aliphatic heterocycles. The summed E-state index contributed by atoms with van der Waals surface area (Å²) in [4.78, 5) is 14.4. The minimum Gasteiger partial charge on any atom is -0.380 e. The van der Waals surface area contributed by atoms with Crippen LogP contribution in [-0.2, 0) is 11.3 Å². The first-order chi connectivity index (χ1) is 10.0. The summed E-state index contributed by atoms with van der Waals surface area (Å²) in [5, 5.41) is 5.22. The zero-order valence-corrected chi connectivity index (χ0v) is 14.5. The first-order valence-corrected chi connectivity index (χ1v) is 8.58. The fourth-order valence-corrected chi connectivity index (χ4v) is 3.50. The summed E-state index contributed by atoms with van der Waals surface area (Å²) < 4.78 is 6.93. The molecule has 0 aromatic carbocycles. The maximum absolute atomic E-state index is 12.2. The highest BCUT2D eigenvalue weighted by Crippen LogP contribution is 2.20. The van der Waals surface area contributed by atoms with Gasteiger partial charge >= 0.3 is 0 Å². The van der Waals surface area contributed by atoms with E-state index < -0.39 is 0 Å². The van der Waals surface area contributed by atoms with E-state index in [4.69, 9.17) is 4.74 Å². The van der Waals surface area contributed by atoms with Gasteiger partial charge in [0.2, 0.25) is 0 Å². The van der Waals surface area contributed by atoms with Crippen molar-refractivity contribution in [2.45, 2.75) is 32.9 Å². The Labute approximate surface area is 134 Å². The van der Waals surface area contributed by atoms with E-state index >= 15 is 0 Å². The number of nitrogens with zero attached hydrogens (tertiary/aromatic N) is 3. The molecule has 0 amide bonds. The van der Waals surface area contributed by atoms with Crippen LogP contribution in [0.3, 0.4) is 0 Å². The molecule has 1 aromatic heterocycles. The molecule has 1 aliphatic rings. The fourth-order valence-electron chi connectivity index (χ4n) is 2.55. The molecule has 118 valence electrons. The van der Waals surface area contributed by atoms with Crippen LogP contribution in [0.5, 0.6) is 0 Å². The summed E-state index contributed by atoms with van der Waals surface area (Å²) in [7, 11) is 1.73. The van der Waals surface area contributed by atoms with E-state index in [0.717, 1.165) is 30.5 Å². The fraction of sp³-hybridized carbons (Fsp3) is 0.733. The number of methoxy groups -OCH3 is 1. The summed E-state index contributed by atoms with van der Waals surface area (Å²) in [5.74, 6) is 0.921. The summed E-state index contributed by atoms with van der Waals surface area (Å²) >= 11 is 3.52. The second kappa shape index (κ2) is 7.40. The van der Waals surface area contributed by atoms with Gasteiger partial charge in [-0.05, 0) is 18.3 Å². The largest absolute Gasteiger partial charge is 0.380 e.